The lowest BCUT2D eigenvalue weighted by Crippen LogP contribution is -2.35. The number of carbonyl (C=O) groups is 7. The highest BCUT2D eigenvalue weighted by molar-refractivity contribution is 7.89. The quantitative estimate of drug-likeness (QED) is 0.0178. The van der Waals surface area contributed by atoms with Gasteiger partial charge in [-0.2, -0.15) is 35.0 Å². The summed E-state index contributed by atoms with van der Waals surface area (Å²) < 4.78 is 49.7. The molecule has 0 bridgehead atoms. The minimum Gasteiger partial charge on any atom is -0.505 e. The second-order valence-corrected chi connectivity index (χ2v) is 32.5. The van der Waals surface area contributed by atoms with Crippen molar-refractivity contribution in [3.05, 3.63) is 313 Å². The van der Waals surface area contributed by atoms with E-state index >= 15 is 0 Å². The molecule has 1 aliphatic heterocycles. The fourth-order valence-electron chi connectivity index (χ4n) is 14.8. The van der Waals surface area contributed by atoms with Crippen LogP contribution < -0.4 is 26.2 Å². The molecule has 0 spiro atoms. The molecule has 1 saturated heterocycles. The van der Waals surface area contributed by atoms with Crippen LogP contribution in [0, 0.1) is 11.3 Å². The first kappa shape index (κ1) is 97.8. The molecule has 0 radical (unpaired) electrons. The Balaban J connectivity index is 0.000000139. The number of hydrogen-bond donors (Lipinski definition) is 7. The molecule has 9 N–H and O–H groups in total. The number of sulfonamides is 1. The van der Waals surface area contributed by atoms with Gasteiger partial charge >= 0.3 is 23.9 Å². The van der Waals surface area contributed by atoms with Crippen molar-refractivity contribution in [3.63, 3.8) is 0 Å². The molecular formula is C98H78N30O16S. The number of rotatable bonds is 23. The van der Waals surface area contributed by atoms with Gasteiger partial charge in [-0.1, -0.05) is 97.1 Å². The predicted molar refractivity (Wildman–Crippen MR) is 523 cm³/mol. The molecule has 4 amide bonds. The van der Waals surface area contributed by atoms with Crippen LogP contribution in [0.3, 0.4) is 0 Å². The van der Waals surface area contributed by atoms with Gasteiger partial charge in [0.2, 0.25) is 15.8 Å². The molecule has 19 rings (SSSR count). The number of phenols is 3. The Morgan fingerprint density at radius 2 is 0.841 bits per heavy atom. The molecule has 145 heavy (non-hydrogen) atoms. The number of amides is 4. The standard InChI is InChI=1S/C27H18N8O4.C24H18N8O4S.C24H23N7O2.C23H19N7O6/c1-39-26(38)16-8-9-20-17(12-16)13-21(25(37)32-19-6-3-2-4-7-19)23(36)22(20)33-34-24-18(14-28)15-31-35(24)27-29-10-5-11-30-27;25-37(35,36)19-14-28-32(24-26-11-6-12-27-24)22(19)31-30-20-17-10-5-4-7-15(17)13-18(21(20)33)23(34)29-16-8-2-1-3-9-16;1-30-23(19(15-27-30)22-25-10-7-11-26-22)29-28-20-17-9-4-3-8-16(17)14-18(21(20)32)24(33)31-12-5-2-6-13-31;1-30-20(16(11-27-30)22(33)35-3)29-28-17-14-6-5-12(21(32)34-2)9-13(14)10-15(19(24)31)18(17)36-23-25-7-4-8-26-23/h2-13,15,36H,1H3,(H,32,37);1-14,33H,(H,29,34)(H2,25,35,36);3-4,7-11,14-15,32H,2,5-6,12-13H2,1H3;4-11H,1-3H3,(H2,24,31). The van der Waals surface area contributed by atoms with Gasteiger partial charge in [0.25, 0.3) is 35.5 Å². The van der Waals surface area contributed by atoms with E-state index in [4.69, 9.17) is 29.8 Å². The van der Waals surface area contributed by atoms with Crippen LogP contribution in [0.2, 0.25) is 0 Å². The summed E-state index contributed by atoms with van der Waals surface area (Å²) in [6, 6.07) is 55.6. The molecule has 8 aromatic heterocycles. The first-order chi connectivity index (χ1) is 70.3. The molecule has 47 heteroatoms. The van der Waals surface area contributed by atoms with E-state index in [1.807, 2.05) is 36.4 Å². The van der Waals surface area contributed by atoms with Crippen molar-refractivity contribution in [2.75, 3.05) is 45.1 Å². The number of azo groups is 4. The summed E-state index contributed by atoms with van der Waals surface area (Å²) in [6.45, 7) is 1.38. The normalized spacial score (nSPS) is 11.9. The van der Waals surface area contributed by atoms with Crippen LogP contribution in [0.4, 0.5) is 57.4 Å². The maximum atomic E-state index is 13.2. The highest BCUT2D eigenvalue weighted by Gasteiger charge is 2.31. The number of aromatic nitrogens is 16. The zero-order valence-electron chi connectivity index (χ0n) is 76.8. The molecule has 9 heterocycles. The molecule has 722 valence electrons. The number of carbonyl (C=O) groups excluding carboxylic acids is 7. The van der Waals surface area contributed by atoms with E-state index in [-0.39, 0.29) is 120 Å². The van der Waals surface area contributed by atoms with E-state index < -0.39 is 62.0 Å². The van der Waals surface area contributed by atoms with Crippen LogP contribution >= 0.6 is 0 Å². The highest BCUT2D eigenvalue weighted by Crippen LogP contribution is 2.47. The third kappa shape index (κ3) is 21.8. The topological polar surface area (TPSA) is 628 Å². The van der Waals surface area contributed by atoms with Crippen molar-refractivity contribution in [3.8, 4) is 58.4 Å². The van der Waals surface area contributed by atoms with Crippen LogP contribution in [0.5, 0.6) is 29.0 Å². The van der Waals surface area contributed by atoms with Gasteiger partial charge in [-0.3, -0.25) is 19.2 Å². The number of primary sulfonamides is 1. The minimum atomic E-state index is -4.25. The van der Waals surface area contributed by atoms with Crippen LogP contribution in [-0.4, -0.2) is 184 Å². The molecule has 1 fully saturated rings. The van der Waals surface area contributed by atoms with Gasteiger partial charge < -0.3 is 55.5 Å². The van der Waals surface area contributed by atoms with E-state index in [9.17, 15) is 62.6 Å². The van der Waals surface area contributed by atoms with E-state index in [1.54, 1.807) is 164 Å². The monoisotopic (exact) mass is 1960 g/mol. The van der Waals surface area contributed by atoms with E-state index in [0.717, 1.165) is 35.5 Å². The highest BCUT2D eigenvalue weighted by atomic mass is 32.2. The predicted octanol–water partition coefficient (Wildman–Crippen LogP) is 16.7. The van der Waals surface area contributed by atoms with Gasteiger partial charge in [0, 0.05) is 110 Å². The molecule has 0 saturated carbocycles. The average Bonchev–Trinajstić information content (AvgIpc) is 0.963. The molecule has 18 aromatic rings. The number of nitrogens with one attached hydrogen (secondary N) is 2. The van der Waals surface area contributed by atoms with Crippen molar-refractivity contribution in [2.24, 2.45) is 65.9 Å². The maximum absolute atomic E-state index is 13.2. The molecule has 0 unspecified atom stereocenters. The lowest BCUT2D eigenvalue weighted by atomic mass is 10.0. The smallest absolute Gasteiger partial charge is 0.343 e. The van der Waals surface area contributed by atoms with E-state index in [1.165, 1.54) is 123 Å². The number of esters is 3. The molecule has 0 aliphatic carbocycles. The summed E-state index contributed by atoms with van der Waals surface area (Å²) in [4.78, 5) is 122. The van der Waals surface area contributed by atoms with E-state index in [2.05, 4.69) is 112 Å². The number of para-hydroxylation sites is 2. The summed E-state index contributed by atoms with van der Waals surface area (Å²) in [6.07, 6.45) is 20.3. The second-order valence-electron chi connectivity index (χ2n) is 30.9. The summed E-state index contributed by atoms with van der Waals surface area (Å²) >= 11 is 0. The first-order valence-corrected chi connectivity index (χ1v) is 44.9. The van der Waals surface area contributed by atoms with Gasteiger partial charge in [0.1, 0.15) is 44.8 Å². The van der Waals surface area contributed by atoms with Gasteiger partial charge in [0.05, 0.1) is 85.1 Å². The van der Waals surface area contributed by atoms with Gasteiger partial charge in [0.15, 0.2) is 46.3 Å². The van der Waals surface area contributed by atoms with Crippen LogP contribution in [0.15, 0.2) is 314 Å². The minimum absolute atomic E-state index is 0.0153. The number of primary amides is 1. The summed E-state index contributed by atoms with van der Waals surface area (Å²) in [5.74, 6) is -4.24. The van der Waals surface area contributed by atoms with Crippen molar-refractivity contribution in [1.82, 2.24) is 83.9 Å². The Hall–Kier alpha value is -20.3. The number of hydrogen-bond acceptors (Lipinski definition) is 37. The number of likely N-dealkylation sites (tertiary alicyclic amines) is 1. The summed E-state index contributed by atoms with van der Waals surface area (Å²) in [7, 11) is 2.80. The second kappa shape index (κ2) is 44.0. The number of benzene rings is 10. The molecule has 46 nitrogen and oxygen atoms in total. The average molecular weight is 1960 g/mol. The number of nitriles is 1. The Bertz CT molecular complexity index is 8320. The van der Waals surface area contributed by atoms with Crippen molar-refractivity contribution >= 4 is 152 Å². The molecule has 10 aromatic carbocycles. The number of ether oxygens (including phenoxy) is 4. The maximum Gasteiger partial charge on any atom is 0.343 e. The number of aryl methyl sites for hydroxylation is 2. The Morgan fingerprint density at radius 3 is 1.36 bits per heavy atom. The number of methoxy groups -OCH3 is 3. The third-order valence-electron chi connectivity index (χ3n) is 21.8. The Morgan fingerprint density at radius 1 is 0.421 bits per heavy atom. The fraction of sp³-hybridized carbons (Fsp3) is 0.102. The lowest BCUT2D eigenvalue weighted by molar-refractivity contribution is 0.0592. The fourth-order valence-corrected chi connectivity index (χ4v) is 15.4. The first-order valence-electron chi connectivity index (χ1n) is 43.3. The molecule has 1 aliphatic rings. The molecular weight excluding hydrogens is 1890 g/mol. The Labute approximate surface area is 819 Å². The number of fused-ring (bicyclic) bond motifs is 4. The largest absolute Gasteiger partial charge is 0.505 e. The van der Waals surface area contributed by atoms with Crippen molar-refractivity contribution in [1.29, 1.82) is 5.26 Å². The number of nitrogens with two attached hydrogens (primary N) is 2. The third-order valence-corrected chi connectivity index (χ3v) is 22.7. The molecule has 0 atom stereocenters. The van der Waals surface area contributed by atoms with Crippen molar-refractivity contribution < 1.29 is 76.2 Å². The Kier molecular flexibility index (Phi) is 29.7. The van der Waals surface area contributed by atoms with Gasteiger partial charge in [-0.15, -0.1) is 40.9 Å². The van der Waals surface area contributed by atoms with Gasteiger partial charge in [-0.25, -0.2) is 77.2 Å². The van der Waals surface area contributed by atoms with Crippen LogP contribution in [-0.2, 0) is 38.3 Å². The summed E-state index contributed by atoms with van der Waals surface area (Å²) in [5.41, 5.74) is 8.15. The van der Waals surface area contributed by atoms with Crippen LogP contribution in [0.25, 0.3) is 66.4 Å². The lowest BCUT2D eigenvalue weighted by Gasteiger charge is -2.27. The number of anilines is 2. The number of nitrogens with zero attached hydrogens (tertiary/aromatic N) is 26. The van der Waals surface area contributed by atoms with Crippen LogP contribution in [0.1, 0.15) is 97.3 Å². The summed E-state index contributed by atoms with van der Waals surface area (Å²) in [5, 5.41) is 108. The zero-order valence-corrected chi connectivity index (χ0v) is 77.6. The SMILES string of the molecule is COC(=O)c1ccc2c(N=Nc3c(C#N)cnn3-c3ncccn3)c(O)c(C(=O)Nc3ccccc3)cc2c1.COC(=O)c1ccc2c(N=Nc3c(C(=O)OC)cnn3C)c(Oc3ncccn3)c(C(N)=O)cc2c1.Cn1ncc(-c2ncccn2)c1N=Nc1c(O)c(C(=O)N2CCCCC2)cc2ccccc12.NS(=O)(=O)c1cnn(-c2ncccn2)c1N=Nc1c(O)c(C(=O)Nc2ccccc2)cc2ccccc12. The zero-order chi connectivity index (χ0) is 102. The van der Waals surface area contributed by atoms with Crippen molar-refractivity contribution in [2.45, 2.75) is 24.2 Å². The number of phenolic OH excluding ortho intramolecular Hbond substituents is 3. The van der Waals surface area contributed by atoms with E-state index in [0.29, 0.717) is 79.4 Å². The number of piperidine rings is 1. The van der Waals surface area contributed by atoms with Gasteiger partial charge in [-0.05, 0) is 138 Å². The number of aromatic hydroxyl groups is 3.